The van der Waals surface area contributed by atoms with E-state index in [1.54, 1.807) is 0 Å². The summed E-state index contributed by atoms with van der Waals surface area (Å²) in [6.07, 6.45) is 1.07. The highest BCUT2D eigenvalue weighted by molar-refractivity contribution is 7.85. The molecule has 0 saturated carbocycles. The second kappa shape index (κ2) is 2.96. The van der Waals surface area contributed by atoms with Crippen LogP contribution in [0.5, 0.6) is 0 Å². The Labute approximate surface area is 57.9 Å². The van der Waals surface area contributed by atoms with Gasteiger partial charge in [0.2, 0.25) is 0 Å². The summed E-state index contributed by atoms with van der Waals surface area (Å²) in [6.45, 7) is 5.53. The summed E-state index contributed by atoms with van der Waals surface area (Å²) < 4.78 is 14.1. The fourth-order valence-corrected chi connectivity index (χ4v) is 0.640. The van der Waals surface area contributed by atoms with Crippen LogP contribution in [0.25, 0.3) is 0 Å². The number of hydrogen-bond acceptors (Lipinski definition) is 1. The van der Waals surface area contributed by atoms with Crippen LogP contribution in [-0.4, -0.2) is 15.3 Å². The standard InChI is InChI=1S/C5H12N2OS/c1-5(2,3)9(8)7-4-6/h4H,1-3H3,(H2,6,7)/t9-/m1/s1. The van der Waals surface area contributed by atoms with Crippen molar-refractivity contribution in [1.29, 1.82) is 0 Å². The van der Waals surface area contributed by atoms with E-state index in [0.717, 1.165) is 6.34 Å². The van der Waals surface area contributed by atoms with Gasteiger partial charge in [0.1, 0.15) is 11.0 Å². The predicted octanol–water partition coefficient (Wildman–Crippen LogP) is 0.436. The smallest absolute Gasteiger partial charge is 0.146 e. The highest BCUT2D eigenvalue weighted by Crippen LogP contribution is 2.10. The lowest BCUT2D eigenvalue weighted by molar-refractivity contribution is 0.651. The molecule has 0 fully saturated rings. The van der Waals surface area contributed by atoms with Gasteiger partial charge in [-0.1, -0.05) is 0 Å². The van der Waals surface area contributed by atoms with Crippen molar-refractivity contribution in [2.45, 2.75) is 25.5 Å². The van der Waals surface area contributed by atoms with Crippen molar-refractivity contribution >= 4 is 17.3 Å². The van der Waals surface area contributed by atoms with Crippen molar-refractivity contribution in [1.82, 2.24) is 0 Å². The van der Waals surface area contributed by atoms with Crippen molar-refractivity contribution in [2.24, 2.45) is 10.1 Å². The molecule has 0 amide bonds. The molecule has 0 radical (unpaired) electrons. The maximum atomic E-state index is 10.9. The Morgan fingerprint density at radius 1 is 1.56 bits per heavy atom. The Balaban J connectivity index is 4.06. The molecular weight excluding hydrogens is 136 g/mol. The zero-order valence-corrected chi connectivity index (χ0v) is 6.73. The maximum absolute atomic E-state index is 10.9. The van der Waals surface area contributed by atoms with Crippen LogP contribution >= 0.6 is 0 Å². The van der Waals surface area contributed by atoms with Crippen molar-refractivity contribution in [3.63, 3.8) is 0 Å². The van der Waals surface area contributed by atoms with Gasteiger partial charge < -0.3 is 5.73 Å². The molecule has 0 saturated heterocycles. The van der Waals surface area contributed by atoms with Crippen molar-refractivity contribution < 1.29 is 4.21 Å². The molecule has 0 aliphatic heterocycles. The summed E-state index contributed by atoms with van der Waals surface area (Å²) in [5.74, 6) is 0. The summed E-state index contributed by atoms with van der Waals surface area (Å²) in [5.41, 5.74) is 4.94. The molecule has 0 spiro atoms. The molecule has 3 nitrogen and oxygen atoms in total. The highest BCUT2D eigenvalue weighted by Gasteiger charge is 2.17. The quantitative estimate of drug-likeness (QED) is 0.433. The van der Waals surface area contributed by atoms with Gasteiger partial charge in [-0.25, -0.2) is 4.21 Å². The fraction of sp³-hybridized carbons (Fsp3) is 0.800. The van der Waals surface area contributed by atoms with Gasteiger partial charge in [-0.05, 0) is 20.8 Å². The van der Waals surface area contributed by atoms with E-state index < -0.39 is 11.0 Å². The van der Waals surface area contributed by atoms with Gasteiger partial charge in [0.25, 0.3) is 0 Å². The first-order valence-corrected chi connectivity index (χ1v) is 3.75. The van der Waals surface area contributed by atoms with E-state index >= 15 is 0 Å². The van der Waals surface area contributed by atoms with E-state index in [1.165, 1.54) is 0 Å². The number of nitrogens with two attached hydrogens (primary N) is 1. The average molecular weight is 148 g/mol. The fourth-order valence-electron chi connectivity index (χ4n) is 0.213. The minimum absolute atomic E-state index is 0.296. The lowest BCUT2D eigenvalue weighted by atomic mass is 10.3. The zero-order chi connectivity index (χ0) is 7.49. The second-order valence-corrected chi connectivity index (χ2v) is 4.55. The average Bonchev–Trinajstić information content (AvgIpc) is 1.64. The third kappa shape index (κ3) is 3.24. The van der Waals surface area contributed by atoms with Crippen LogP contribution in [0.3, 0.4) is 0 Å². The minimum Gasteiger partial charge on any atom is -0.389 e. The van der Waals surface area contributed by atoms with Crippen LogP contribution in [0, 0.1) is 0 Å². The van der Waals surface area contributed by atoms with E-state index in [9.17, 15) is 4.21 Å². The molecule has 0 aromatic carbocycles. The molecule has 2 N–H and O–H groups in total. The summed E-state index contributed by atoms with van der Waals surface area (Å²) in [6, 6.07) is 0. The lowest BCUT2D eigenvalue weighted by Gasteiger charge is -2.11. The van der Waals surface area contributed by atoms with Gasteiger partial charge in [0.05, 0.1) is 11.1 Å². The molecule has 0 rings (SSSR count). The SMILES string of the molecule is CC(C)(C)[S@@](=O)/N=C/N. The third-order valence-electron chi connectivity index (χ3n) is 0.680. The first-order chi connectivity index (χ1) is 3.98. The molecule has 9 heavy (non-hydrogen) atoms. The van der Waals surface area contributed by atoms with Gasteiger partial charge >= 0.3 is 0 Å². The monoisotopic (exact) mass is 148 g/mol. The molecule has 0 unspecified atom stereocenters. The summed E-state index contributed by atoms with van der Waals surface area (Å²) in [5, 5.41) is 0. The number of hydrogen-bond donors (Lipinski definition) is 1. The van der Waals surface area contributed by atoms with Gasteiger partial charge in [-0.3, -0.25) is 0 Å². The Morgan fingerprint density at radius 2 is 2.00 bits per heavy atom. The van der Waals surface area contributed by atoms with E-state index in [2.05, 4.69) is 4.40 Å². The van der Waals surface area contributed by atoms with E-state index in [1.807, 2.05) is 20.8 Å². The normalized spacial score (nSPS) is 16.3. The van der Waals surface area contributed by atoms with Gasteiger partial charge in [0, 0.05) is 0 Å². The maximum Gasteiger partial charge on any atom is 0.146 e. The van der Waals surface area contributed by atoms with Gasteiger partial charge in [-0.2, -0.15) is 4.40 Å². The second-order valence-electron chi connectivity index (χ2n) is 2.62. The van der Waals surface area contributed by atoms with Crippen LogP contribution in [0.1, 0.15) is 20.8 Å². The third-order valence-corrected chi connectivity index (χ3v) is 2.04. The van der Waals surface area contributed by atoms with Crippen LogP contribution in [0.2, 0.25) is 0 Å². The van der Waals surface area contributed by atoms with Crippen LogP contribution in [0.4, 0.5) is 0 Å². The van der Waals surface area contributed by atoms with Crippen LogP contribution in [-0.2, 0) is 11.0 Å². The number of rotatable bonds is 1. The molecule has 0 aromatic rings. The Bertz CT molecular complexity index is 136. The van der Waals surface area contributed by atoms with Crippen molar-refractivity contribution in [2.75, 3.05) is 0 Å². The number of nitrogens with zero attached hydrogens (tertiary/aromatic N) is 1. The highest BCUT2D eigenvalue weighted by atomic mass is 32.2. The molecular formula is C5H12N2OS. The summed E-state index contributed by atoms with van der Waals surface area (Å²) in [7, 11) is -1.19. The van der Waals surface area contributed by atoms with E-state index in [0.29, 0.717) is 0 Å². The first-order valence-electron chi connectivity index (χ1n) is 2.64. The Hall–Kier alpha value is -0.380. The largest absolute Gasteiger partial charge is 0.389 e. The molecule has 1 atom stereocenters. The molecule has 0 bridgehead atoms. The molecule has 0 aromatic heterocycles. The molecule has 0 aliphatic carbocycles. The minimum atomic E-state index is -1.19. The topological polar surface area (TPSA) is 55.5 Å². The summed E-state index contributed by atoms with van der Waals surface area (Å²) >= 11 is 0. The predicted molar refractivity (Wildman–Crippen MR) is 40.6 cm³/mol. The summed E-state index contributed by atoms with van der Waals surface area (Å²) in [4.78, 5) is 0. The van der Waals surface area contributed by atoms with Crippen LogP contribution in [0.15, 0.2) is 4.40 Å². The lowest BCUT2D eigenvalue weighted by Crippen LogP contribution is -2.20. The Morgan fingerprint density at radius 3 is 2.11 bits per heavy atom. The van der Waals surface area contributed by atoms with Gasteiger partial charge in [0.15, 0.2) is 0 Å². The molecule has 4 heteroatoms. The zero-order valence-electron chi connectivity index (χ0n) is 5.92. The first kappa shape index (κ1) is 8.62. The molecule has 0 heterocycles. The molecule has 54 valence electrons. The van der Waals surface area contributed by atoms with Crippen LogP contribution < -0.4 is 5.73 Å². The van der Waals surface area contributed by atoms with E-state index in [-0.39, 0.29) is 4.75 Å². The Kier molecular flexibility index (Phi) is 2.84. The van der Waals surface area contributed by atoms with E-state index in [4.69, 9.17) is 5.73 Å². The van der Waals surface area contributed by atoms with Gasteiger partial charge in [-0.15, -0.1) is 0 Å². The van der Waals surface area contributed by atoms with Crippen molar-refractivity contribution in [3.05, 3.63) is 0 Å². The van der Waals surface area contributed by atoms with Crippen molar-refractivity contribution in [3.8, 4) is 0 Å². The molecule has 0 aliphatic rings.